The van der Waals surface area contributed by atoms with Crippen molar-refractivity contribution in [1.29, 1.82) is 0 Å². The van der Waals surface area contributed by atoms with Crippen LogP contribution in [0.15, 0.2) is 29.1 Å². The van der Waals surface area contributed by atoms with Crippen molar-refractivity contribution >= 4 is 0 Å². The number of H-pyrrole nitrogens is 1. The zero-order valence-electron chi connectivity index (χ0n) is 18.5. The molecule has 0 amide bonds. The van der Waals surface area contributed by atoms with E-state index in [4.69, 9.17) is 14.2 Å². The number of aryl methyl sites for hydroxylation is 2. The summed E-state index contributed by atoms with van der Waals surface area (Å²) in [4.78, 5) is 15.3. The molecule has 3 rings (SSSR count). The third-order valence-electron chi connectivity index (χ3n) is 5.40. The van der Waals surface area contributed by atoms with Gasteiger partial charge < -0.3 is 19.2 Å². The lowest BCUT2D eigenvalue weighted by Crippen LogP contribution is -2.47. The SMILES string of the molecule is CCc1cc(C(C#CC2CC2)(OCc2cc(OC)cc(OC)c2)C(F)(F)F)c(=O)[nH]c1C. The molecular weight excluding hydrogens is 423 g/mol. The molecule has 1 saturated carbocycles. The third kappa shape index (κ3) is 4.94. The summed E-state index contributed by atoms with van der Waals surface area (Å²) in [6, 6.07) is 5.96. The quantitative estimate of drug-likeness (QED) is 0.625. The molecule has 0 spiro atoms. The molecule has 1 aromatic carbocycles. The smallest absolute Gasteiger partial charge is 0.433 e. The zero-order valence-corrected chi connectivity index (χ0v) is 18.5. The topological polar surface area (TPSA) is 60.6 Å². The number of benzene rings is 1. The van der Waals surface area contributed by atoms with Crippen LogP contribution in [-0.4, -0.2) is 25.4 Å². The van der Waals surface area contributed by atoms with Gasteiger partial charge in [-0.05, 0) is 55.5 Å². The summed E-state index contributed by atoms with van der Waals surface area (Å²) >= 11 is 0. The highest BCUT2D eigenvalue weighted by atomic mass is 19.4. The molecule has 0 bridgehead atoms. The molecule has 1 heterocycles. The van der Waals surface area contributed by atoms with Crippen molar-refractivity contribution in [2.75, 3.05) is 14.2 Å². The van der Waals surface area contributed by atoms with Crippen LogP contribution in [0.2, 0.25) is 0 Å². The van der Waals surface area contributed by atoms with Crippen molar-refractivity contribution in [2.24, 2.45) is 5.92 Å². The Kier molecular flexibility index (Phi) is 6.89. The predicted octanol–water partition coefficient (Wildman–Crippen LogP) is 4.65. The second kappa shape index (κ2) is 9.29. The van der Waals surface area contributed by atoms with Crippen LogP contribution in [0.5, 0.6) is 11.5 Å². The van der Waals surface area contributed by atoms with Gasteiger partial charge in [0.25, 0.3) is 11.2 Å². The molecule has 2 aromatic rings. The van der Waals surface area contributed by atoms with Crippen molar-refractivity contribution in [1.82, 2.24) is 4.98 Å². The van der Waals surface area contributed by atoms with Gasteiger partial charge in [-0.3, -0.25) is 4.79 Å². The number of aromatic amines is 1. The summed E-state index contributed by atoms with van der Waals surface area (Å²) in [6.45, 7) is 3.00. The van der Waals surface area contributed by atoms with Crippen LogP contribution >= 0.6 is 0 Å². The minimum atomic E-state index is -4.95. The van der Waals surface area contributed by atoms with Crippen molar-refractivity contribution in [3.63, 3.8) is 0 Å². The van der Waals surface area contributed by atoms with Gasteiger partial charge in [-0.15, -0.1) is 0 Å². The van der Waals surface area contributed by atoms with E-state index >= 15 is 0 Å². The number of hydrogen-bond donors (Lipinski definition) is 1. The van der Waals surface area contributed by atoms with Crippen LogP contribution in [0.3, 0.4) is 0 Å². The summed E-state index contributed by atoms with van der Waals surface area (Å²) < 4.78 is 59.8. The molecule has 1 fully saturated rings. The molecule has 1 aliphatic rings. The van der Waals surface area contributed by atoms with Crippen LogP contribution in [0.1, 0.15) is 42.1 Å². The Labute approximate surface area is 184 Å². The standard InChI is InChI=1S/C24H26F3NO4/c1-5-18-12-21(22(29)28-15(18)2)23(24(25,26)27,9-8-16-6-7-16)32-14-17-10-19(30-3)13-20(11-17)31-4/h10-13,16H,5-7,14H2,1-4H3,(H,28,29). The number of hydrogen-bond acceptors (Lipinski definition) is 4. The molecule has 5 nitrogen and oxygen atoms in total. The van der Waals surface area contributed by atoms with Gasteiger partial charge in [0.1, 0.15) is 11.5 Å². The van der Waals surface area contributed by atoms with E-state index in [2.05, 4.69) is 16.8 Å². The first-order chi connectivity index (χ1) is 15.1. The van der Waals surface area contributed by atoms with Crippen LogP contribution in [0.25, 0.3) is 0 Å². The van der Waals surface area contributed by atoms with E-state index in [0.29, 0.717) is 34.7 Å². The van der Waals surface area contributed by atoms with Gasteiger partial charge in [-0.2, -0.15) is 13.2 Å². The van der Waals surface area contributed by atoms with Gasteiger partial charge in [0.05, 0.1) is 26.4 Å². The van der Waals surface area contributed by atoms with Crippen LogP contribution in [0.4, 0.5) is 13.2 Å². The number of aromatic nitrogens is 1. The van der Waals surface area contributed by atoms with Crippen molar-refractivity contribution < 1.29 is 27.4 Å². The normalized spacial score (nSPS) is 15.5. The van der Waals surface area contributed by atoms with Crippen molar-refractivity contribution in [3.8, 4) is 23.3 Å². The highest BCUT2D eigenvalue weighted by molar-refractivity contribution is 5.40. The second-order valence-corrected chi connectivity index (χ2v) is 7.75. The molecule has 8 heteroatoms. The largest absolute Gasteiger partial charge is 0.497 e. The van der Waals surface area contributed by atoms with E-state index < -0.39 is 29.5 Å². The fourth-order valence-corrected chi connectivity index (χ4v) is 3.35. The number of methoxy groups -OCH3 is 2. The van der Waals surface area contributed by atoms with Gasteiger partial charge >= 0.3 is 6.18 Å². The first-order valence-electron chi connectivity index (χ1n) is 10.3. The Morgan fingerprint density at radius 2 is 1.72 bits per heavy atom. The van der Waals surface area contributed by atoms with E-state index in [-0.39, 0.29) is 5.92 Å². The minimum Gasteiger partial charge on any atom is -0.497 e. The van der Waals surface area contributed by atoms with Gasteiger partial charge in [-0.25, -0.2) is 0 Å². The molecule has 1 N–H and O–H groups in total. The van der Waals surface area contributed by atoms with Crippen LogP contribution in [-0.2, 0) is 23.4 Å². The monoisotopic (exact) mass is 449 g/mol. The number of pyridine rings is 1. The first-order valence-corrected chi connectivity index (χ1v) is 10.3. The molecule has 1 atom stereocenters. The maximum Gasteiger partial charge on any atom is 0.433 e. The lowest BCUT2D eigenvalue weighted by atomic mass is 9.91. The molecule has 1 aromatic heterocycles. The van der Waals surface area contributed by atoms with Crippen LogP contribution in [0, 0.1) is 24.7 Å². The molecule has 0 radical (unpaired) electrons. The lowest BCUT2D eigenvalue weighted by molar-refractivity contribution is -0.263. The Hall–Kier alpha value is -2.92. The average Bonchev–Trinajstić information content (AvgIpc) is 3.58. The van der Waals surface area contributed by atoms with Crippen LogP contribution < -0.4 is 15.0 Å². The minimum absolute atomic E-state index is 0.118. The molecule has 0 saturated heterocycles. The zero-order chi connectivity index (χ0) is 23.5. The summed E-state index contributed by atoms with van der Waals surface area (Å²) in [7, 11) is 2.89. The number of rotatable bonds is 7. The summed E-state index contributed by atoms with van der Waals surface area (Å²) in [5, 5.41) is 0. The van der Waals surface area contributed by atoms with E-state index in [1.165, 1.54) is 20.3 Å². The van der Waals surface area contributed by atoms with E-state index in [0.717, 1.165) is 12.8 Å². The van der Waals surface area contributed by atoms with Crippen molar-refractivity contribution in [3.05, 3.63) is 57.0 Å². The highest BCUT2D eigenvalue weighted by Crippen LogP contribution is 2.43. The molecule has 1 unspecified atom stereocenters. The Morgan fingerprint density at radius 3 is 2.22 bits per heavy atom. The molecular formula is C24H26F3NO4. The Bertz CT molecular complexity index is 1070. The average molecular weight is 449 g/mol. The lowest BCUT2D eigenvalue weighted by Gasteiger charge is -2.31. The fraction of sp³-hybridized carbons (Fsp3) is 0.458. The van der Waals surface area contributed by atoms with E-state index in [9.17, 15) is 18.0 Å². The summed E-state index contributed by atoms with van der Waals surface area (Å²) in [5.74, 6) is 5.68. The Balaban J connectivity index is 2.13. The maximum absolute atomic E-state index is 14.6. The molecule has 0 aliphatic heterocycles. The molecule has 172 valence electrons. The van der Waals surface area contributed by atoms with Gasteiger partial charge in [0.15, 0.2) is 0 Å². The first kappa shape index (κ1) is 23.7. The van der Waals surface area contributed by atoms with Crippen molar-refractivity contribution in [2.45, 2.75) is 51.5 Å². The van der Waals surface area contributed by atoms with E-state index in [1.54, 1.807) is 32.0 Å². The maximum atomic E-state index is 14.6. The highest BCUT2D eigenvalue weighted by Gasteiger charge is 2.58. The number of ether oxygens (including phenoxy) is 3. The predicted molar refractivity (Wildman–Crippen MR) is 114 cm³/mol. The molecule has 32 heavy (non-hydrogen) atoms. The number of nitrogens with one attached hydrogen (secondary N) is 1. The van der Waals surface area contributed by atoms with Gasteiger partial charge in [-0.1, -0.05) is 18.8 Å². The van der Waals surface area contributed by atoms with Gasteiger partial charge in [0, 0.05) is 17.7 Å². The Morgan fingerprint density at radius 1 is 1.09 bits per heavy atom. The van der Waals surface area contributed by atoms with Gasteiger partial charge in [0.2, 0.25) is 0 Å². The van der Waals surface area contributed by atoms with E-state index in [1.807, 2.05) is 0 Å². The fourth-order valence-electron chi connectivity index (χ4n) is 3.35. The second-order valence-electron chi connectivity index (χ2n) is 7.75. The third-order valence-corrected chi connectivity index (χ3v) is 5.40. The molecule has 1 aliphatic carbocycles. The summed E-state index contributed by atoms with van der Waals surface area (Å²) in [5.41, 5.74) is -3.00. The number of halogens is 3. The summed E-state index contributed by atoms with van der Waals surface area (Å²) in [6.07, 6.45) is -3.03. The number of alkyl halides is 3.